The lowest BCUT2D eigenvalue weighted by Gasteiger charge is -2.50. The van der Waals surface area contributed by atoms with E-state index in [1.54, 1.807) is 9.80 Å². The number of nitrogens with one attached hydrogen (secondary N) is 2. The smallest absolute Gasteiger partial charge is 0.416 e. The van der Waals surface area contributed by atoms with Crippen LogP contribution in [0, 0.1) is 0 Å². The fraction of sp³-hybridized carbons (Fsp3) is 0.812. The Balaban J connectivity index is 0. The lowest BCUT2D eigenvalue weighted by Crippen LogP contribution is -3.30. The van der Waals surface area contributed by atoms with Crippen molar-refractivity contribution in [2.45, 2.75) is 170 Å². The molecule has 0 unspecified atom stereocenters. The minimum Gasteiger partial charge on any atom is -0.889 e. The van der Waals surface area contributed by atoms with Gasteiger partial charge >= 0.3 is 12.4 Å². The summed E-state index contributed by atoms with van der Waals surface area (Å²) in [5.74, 6) is 0. The lowest BCUT2D eigenvalue weighted by atomic mass is 9.78. The second-order valence-electron chi connectivity index (χ2n) is 17.4. The first-order valence-corrected chi connectivity index (χ1v) is 14.6. The summed E-state index contributed by atoms with van der Waals surface area (Å²) < 4.78 is 73.4. The quantitative estimate of drug-likeness (QED) is 0.351. The number of hydrogen-bond acceptors (Lipinski definition) is 2. The van der Waals surface area contributed by atoms with Gasteiger partial charge in [0.05, 0.1) is 44.4 Å². The van der Waals surface area contributed by atoms with Crippen LogP contribution in [-0.4, -0.2) is 40.4 Å². The highest BCUT2D eigenvalue weighted by molar-refractivity contribution is 6.55. The van der Waals surface area contributed by atoms with E-state index in [4.69, 9.17) is 0 Å². The van der Waals surface area contributed by atoms with Gasteiger partial charge in [-0.05, 0) is 131 Å². The van der Waals surface area contributed by atoms with E-state index >= 15 is 0 Å². The zero-order valence-electron chi connectivity index (χ0n) is 29.9. The number of hydrogen-bond donors (Lipinski definition) is 2. The summed E-state index contributed by atoms with van der Waals surface area (Å²) in [5.41, 5.74) is -2.61. The van der Waals surface area contributed by atoms with Crippen molar-refractivity contribution >= 4 is 12.6 Å². The Morgan fingerprint density at radius 2 is 0.605 bits per heavy atom. The van der Waals surface area contributed by atoms with E-state index in [2.05, 4.69) is 125 Å². The molecule has 0 bridgehead atoms. The van der Waals surface area contributed by atoms with Crippen LogP contribution in [0.1, 0.15) is 136 Å². The van der Waals surface area contributed by atoms with Crippen molar-refractivity contribution in [3.05, 3.63) is 29.3 Å². The predicted octanol–water partition coefficient (Wildman–Crippen LogP) is 4.67. The zero-order chi connectivity index (χ0) is 35.6. The fourth-order valence-corrected chi connectivity index (χ4v) is 7.87. The summed E-state index contributed by atoms with van der Waals surface area (Å²) in [5, 5.41) is 20.8. The largest absolute Gasteiger partial charge is 0.889 e. The molecular formula is C32H59BF6N2O2. The number of alkyl halides is 6. The van der Waals surface area contributed by atoms with E-state index in [-0.39, 0.29) is 18.2 Å². The third-order valence-corrected chi connectivity index (χ3v) is 6.38. The second-order valence-corrected chi connectivity index (χ2v) is 17.4. The molecule has 0 amide bonds. The highest BCUT2D eigenvalue weighted by Crippen LogP contribution is 2.34. The molecule has 0 radical (unpaired) electrons. The maximum atomic E-state index is 12.2. The first kappa shape index (κ1) is 43.8. The van der Waals surface area contributed by atoms with Crippen LogP contribution in [0.15, 0.2) is 18.2 Å². The topological polar surface area (TPSA) is 55.0 Å². The Bertz CT molecular complexity index is 856. The van der Waals surface area contributed by atoms with Crippen molar-refractivity contribution in [1.29, 1.82) is 0 Å². The number of quaternary nitrogens is 2. The molecule has 1 aromatic carbocycles. The van der Waals surface area contributed by atoms with E-state index in [0.717, 1.165) is 0 Å². The Hall–Kier alpha value is -1.30. The Morgan fingerprint density at radius 3 is 0.698 bits per heavy atom. The Kier molecular flexibility index (Phi) is 14.3. The van der Waals surface area contributed by atoms with E-state index in [1.165, 1.54) is 0 Å². The number of rotatable bonds is 1. The maximum Gasteiger partial charge on any atom is 0.416 e. The molecule has 11 heteroatoms. The van der Waals surface area contributed by atoms with Gasteiger partial charge in [0.15, 0.2) is 0 Å². The van der Waals surface area contributed by atoms with Crippen molar-refractivity contribution in [2.24, 2.45) is 0 Å². The minimum absolute atomic E-state index is 0.125. The minimum atomic E-state index is -5.05. The van der Waals surface area contributed by atoms with Gasteiger partial charge in [0, 0.05) is 0 Å². The van der Waals surface area contributed by atoms with Gasteiger partial charge in [0.25, 0.3) is 0 Å². The van der Waals surface area contributed by atoms with Gasteiger partial charge < -0.3 is 19.8 Å². The molecule has 254 valence electrons. The predicted molar refractivity (Wildman–Crippen MR) is 162 cm³/mol. The molecule has 0 atom stereocenters. The summed E-state index contributed by atoms with van der Waals surface area (Å²) in [7, 11) is -2.90. The van der Waals surface area contributed by atoms with Gasteiger partial charge in [-0.15, -0.1) is 5.46 Å². The van der Waals surface area contributed by atoms with Crippen molar-refractivity contribution < 1.29 is 46.2 Å². The molecule has 0 heterocycles. The molecule has 0 aliphatic rings. The first-order chi connectivity index (χ1) is 18.2. The van der Waals surface area contributed by atoms with Crippen LogP contribution < -0.4 is 25.3 Å². The Morgan fingerprint density at radius 1 is 0.419 bits per heavy atom. The molecule has 4 nitrogen and oxygen atoms in total. The molecular weight excluding hydrogens is 569 g/mol. The first-order valence-electron chi connectivity index (χ1n) is 14.6. The van der Waals surface area contributed by atoms with Crippen LogP contribution in [-0.2, 0) is 12.4 Å². The van der Waals surface area contributed by atoms with Gasteiger partial charge in [0.1, 0.15) is 0 Å². The molecule has 1 aromatic rings. The highest BCUT2D eigenvalue weighted by Gasteiger charge is 2.44. The third kappa shape index (κ3) is 15.5. The van der Waals surface area contributed by atoms with Crippen LogP contribution in [0.3, 0.4) is 0 Å². The summed E-state index contributed by atoms with van der Waals surface area (Å²) >= 11 is 0. The molecule has 0 aliphatic heterocycles. The van der Waals surface area contributed by atoms with Gasteiger partial charge in [-0.25, -0.2) is 0 Å². The highest BCUT2D eigenvalue weighted by atomic mass is 19.4. The van der Waals surface area contributed by atoms with E-state index in [1.807, 2.05) is 0 Å². The van der Waals surface area contributed by atoms with Crippen LogP contribution >= 0.6 is 0 Å². The molecule has 0 aliphatic carbocycles. The molecule has 0 aromatic heterocycles. The molecule has 43 heavy (non-hydrogen) atoms. The fourth-order valence-electron chi connectivity index (χ4n) is 7.87. The zero-order valence-corrected chi connectivity index (χ0v) is 29.9. The van der Waals surface area contributed by atoms with E-state index in [0.29, 0.717) is 33.2 Å². The van der Waals surface area contributed by atoms with Crippen LogP contribution in [0.25, 0.3) is 0 Å². The van der Waals surface area contributed by atoms with Gasteiger partial charge in [-0.1, -0.05) is 19.3 Å². The molecule has 1 rings (SSSR count). The van der Waals surface area contributed by atoms with Crippen LogP contribution in [0.4, 0.5) is 26.3 Å². The maximum absolute atomic E-state index is 12.2. The average molecular weight is 629 g/mol. The summed E-state index contributed by atoms with van der Waals surface area (Å²) in [6.45, 7) is 41.7. The SMILES string of the molecule is CC(C)(C)[NH+](C(C)(C)C)C(C)(C)C.CC(C)(C)[NH+](C(C)(C)C)C(C)(C)C.[O-]B([O-])c1cc(C(F)(F)F)cc(C(F)(F)F)c1. The molecule has 0 fully saturated rings. The van der Waals surface area contributed by atoms with E-state index in [9.17, 15) is 36.4 Å². The van der Waals surface area contributed by atoms with Crippen molar-refractivity contribution in [3.8, 4) is 0 Å². The number of benzene rings is 1. The van der Waals surface area contributed by atoms with Crippen LogP contribution in [0.5, 0.6) is 0 Å². The van der Waals surface area contributed by atoms with Crippen LogP contribution in [0.2, 0.25) is 0 Å². The summed E-state index contributed by atoms with van der Waals surface area (Å²) in [6, 6.07) is 0.103. The summed E-state index contributed by atoms with van der Waals surface area (Å²) in [4.78, 5) is 3.29. The lowest BCUT2D eigenvalue weighted by molar-refractivity contribution is -1.03. The third-order valence-electron chi connectivity index (χ3n) is 6.38. The van der Waals surface area contributed by atoms with Gasteiger partial charge in [0.2, 0.25) is 0 Å². The molecule has 0 spiro atoms. The van der Waals surface area contributed by atoms with Crippen molar-refractivity contribution in [1.82, 2.24) is 0 Å². The van der Waals surface area contributed by atoms with Crippen molar-refractivity contribution in [2.75, 3.05) is 0 Å². The number of halogens is 6. The molecule has 0 saturated heterocycles. The standard InChI is InChI=1S/2C12H27N.C8H3BF6O2/c2*1-10(2,3)13(11(4,5)6)12(7,8)9;10-7(11,12)4-1-5(8(13,14)15)3-6(2-4)9(16)17/h2*1-9H3;1-3H/q;;-2/p+2. The molecule has 0 saturated carbocycles. The summed E-state index contributed by atoms with van der Waals surface area (Å²) in [6.07, 6.45) is -10.1. The second kappa shape index (κ2) is 14.0. The van der Waals surface area contributed by atoms with E-state index < -0.39 is 36.1 Å². The molecule has 2 N–H and O–H groups in total. The van der Waals surface area contributed by atoms with Gasteiger partial charge in [-0.2, -0.15) is 26.3 Å². The normalized spacial score (nSPS) is 14.2. The van der Waals surface area contributed by atoms with Crippen molar-refractivity contribution in [3.63, 3.8) is 0 Å². The Labute approximate surface area is 258 Å². The van der Waals surface area contributed by atoms with Gasteiger partial charge in [-0.3, -0.25) is 0 Å². The average Bonchev–Trinajstić information content (AvgIpc) is 2.59. The monoisotopic (exact) mass is 628 g/mol.